The largest absolute Gasteiger partial charge is 0.322 e. The van der Waals surface area contributed by atoms with Crippen LogP contribution in [0.5, 0.6) is 0 Å². The number of hydrogen-bond donors (Lipinski definition) is 2. The van der Waals surface area contributed by atoms with Gasteiger partial charge in [0.25, 0.3) is 15.9 Å². The highest BCUT2D eigenvalue weighted by Crippen LogP contribution is 2.25. The molecule has 0 bridgehead atoms. The molecule has 0 fully saturated rings. The zero-order chi connectivity index (χ0) is 20.4. The topological polar surface area (TPSA) is 88.2 Å². The Kier molecular flexibility index (Phi) is 5.04. The number of hydrogen-bond acceptors (Lipinski definition) is 5. The molecule has 0 spiro atoms. The Balaban J connectivity index is 1.47. The number of aryl methyl sites for hydroxylation is 1. The van der Waals surface area contributed by atoms with E-state index in [9.17, 15) is 13.2 Å². The van der Waals surface area contributed by atoms with Crippen LogP contribution < -0.4 is 10.0 Å². The van der Waals surface area contributed by atoms with Crippen molar-refractivity contribution < 1.29 is 13.2 Å². The zero-order valence-electron chi connectivity index (χ0n) is 15.4. The maximum atomic E-state index is 12.5. The normalized spacial score (nSPS) is 11.3. The lowest BCUT2D eigenvalue weighted by Crippen LogP contribution is -2.14. The van der Waals surface area contributed by atoms with Gasteiger partial charge >= 0.3 is 0 Å². The third-order valence-electron chi connectivity index (χ3n) is 4.21. The van der Waals surface area contributed by atoms with E-state index in [1.54, 1.807) is 53.8 Å². The third-order valence-corrected chi connectivity index (χ3v) is 6.54. The van der Waals surface area contributed by atoms with Crippen LogP contribution in [-0.4, -0.2) is 19.3 Å². The fourth-order valence-electron chi connectivity index (χ4n) is 2.82. The number of nitrogens with zero attached hydrogens (tertiary/aromatic N) is 1. The SMILES string of the molecule is Cc1nc2ccc(NC(=O)c3ccc(NS(=O)(=O)c4ccccc4)cc3)cc2s1. The Morgan fingerprint density at radius 2 is 1.62 bits per heavy atom. The van der Waals surface area contributed by atoms with E-state index < -0.39 is 10.0 Å². The van der Waals surface area contributed by atoms with Gasteiger partial charge in [0.15, 0.2) is 0 Å². The molecule has 0 unspecified atom stereocenters. The first-order chi connectivity index (χ1) is 13.9. The van der Waals surface area contributed by atoms with Gasteiger partial charge in [0.1, 0.15) is 0 Å². The van der Waals surface area contributed by atoms with E-state index in [1.165, 1.54) is 12.1 Å². The van der Waals surface area contributed by atoms with Gasteiger partial charge in [0, 0.05) is 16.9 Å². The number of thiazole rings is 1. The Labute approximate surface area is 172 Å². The molecule has 4 aromatic rings. The maximum Gasteiger partial charge on any atom is 0.261 e. The molecule has 1 heterocycles. The summed E-state index contributed by atoms with van der Waals surface area (Å²) in [6.45, 7) is 1.94. The maximum absolute atomic E-state index is 12.5. The van der Waals surface area contributed by atoms with Crippen LogP contribution in [0.3, 0.4) is 0 Å². The Morgan fingerprint density at radius 1 is 0.931 bits per heavy atom. The number of aromatic nitrogens is 1. The predicted molar refractivity (Wildman–Crippen MR) is 116 cm³/mol. The molecule has 0 radical (unpaired) electrons. The molecule has 0 atom stereocenters. The Hall–Kier alpha value is -3.23. The summed E-state index contributed by atoms with van der Waals surface area (Å²) in [4.78, 5) is 17.1. The number of sulfonamides is 1. The number of benzene rings is 3. The molecule has 0 aliphatic rings. The van der Waals surface area contributed by atoms with E-state index in [0.29, 0.717) is 16.9 Å². The average molecular weight is 424 g/mol. The van der Waals surface area contributed by atoms with Crippen LogP contribution in [0.1, 0.15) is 15.4 Å². The van der Waals surface area contributed by atoms with Gasteiger partial charge in [-0.1, -0.05) is 18.2 Å². The minimum Gasteiger partial charge on any atom is -0.322 e. The molecular weight excluding hydrogens is 406 g/mol. The summed E-state index contributed by atoms with van der Waals surface area (Å²) in [7, 11) is -3.67. The van der Waals surface area contributed by atoms with E-state index >= 15 is 0 Å². The highest BCUT2D eigenvalue weighted by Gasteiger charge is 2.14. The summed E-state index contributed by atoms with van der Waals surface area (Å²) in [6.07, 6.45) is 0. The van der Waals surface area contributed by atoms with Crippen molar-refractivity contribution in [1.29, 1.82) is 0 Å². The first-order valence-electron chi connectivity index (χ1n) is 8.77. The third kappa shape index (κ3) is 4.28. The van der Waals surface area contributed by atoms with Crippen LogP contribution in [0.2, 0.25) is 0 Å². The summed E-state index contributed by atoms with van der Waals surface area (Å²) in [6, 6.07) is 20.0. The average Bonchev–Trinajstić information content (AvgIpc) is 3.08. The van der Waals surface area contributed by atoms with Gasteiger partial charge in [0.2, 0.25) is 0 Å². The number of fused-ring (bicyclic) bond motifs is 1. The quantitative estimate of drug-likeness (QED) is 0.489. The molecule has 0 saturated heterocycles. The number of rotatable bonds is 5. The summed E-state index contributed by atoms with van der Waals surface area (Å²) in [5.41, 5.74) is 2.39. The van der Waals surface area contributed by atoms with Crippen molar-refractivity contribution in [2.45, 2.75) is 11.8 Å². The fourth-order valence-corrected chi connectivity index (χ4v) is 4.77. The van der Waals surface area contributed by atoms with Gasteiger partial charge < -0.3 is 5.32 Å². The second-order valence-electron chi connectivity index (χ2n) is 6.37. The standard InChI is InChI=1S/C21H17N3O3S2/c1-14-22-19-12-11-17(13-20(19)28-14)23-21(25)15-7-9-16(10-8-15)24-29(26,27)18-5-3-2-4-6-18/h2-13,24H,1H3,(H,23,25). The van der Waals surface area contributed by atoms with Gasteiger partial charge in [-0.3, -0.25) is 9.52 Å². The van der Waals surface area contributed by atoms with E-state index in [1.807, 2.05) is 25.1 Å². The molecule has 0 aliphatic carbocycles. The molecule has 1 amide bonds. The molecular formula is C21H17N3O3S2. The summed E-state index contributed by atoms with van der Waals surface area (Å²) >= 11 is 1.57. The highest BCUT2D eigenvalue weighted by atomic mass is 32.2. The molecule has 4 rings (SSSR count). The molecule has 2 N–H and O–H groups in total. The lowest BCUT2D eigenvalue weighted by atomic mass is 10.2. The summed E-state index contributed by atoms with van der Waals surface area (Å²) in [5, 5.41) is 3.82. The molecule has 0 saturated carbocycles. The second kappa shape index (κ2) is 7.65. The lowest BCUT2D eigenvalue weighted by Gasteiger charge is -2.09. The monoisotopic (exact) mass is 423 g/mol. The van der Waals surface area contributed by atoms with Crippen LogP contribution in [0.15, 0.2) is 77.7 Å². The van der Waals surface area contributed by atoms with E-state index in [-0.39, 0.29) is 10.8 Å². The van der Waals surface area contributed by atoms with Gasteiger partial charge in [-0.15, -0.1) is 11.3 Å². The summed E-state index contributed by atoms with van der Waals surface area (Å²) < 4.78 is 28.3. The van der Waals surface area contributed by atoms with E-state index in [0.717, 1.165) is 15.2 Å². The number of amides is 1. The lowest BCUT2D eigenvalue weighted by molar-refractivity contribution is 0.102. The molecule has 1 aromatic heterocycles. The molecule has 0 aliphatic heterocycles. The van der Waals surface area contributed by atoms with Crippen LogP contribution in [0.25, 0.3) is 10.2 Å². The van der Waals surface area contributed by atoms with Gasteiger partial charge in [-0.2, -0.15) is 0 Å². The summed E-state index contributed by atoms with van der Waals surface area (Å²) in [5.74, 6) is -0.275. The molecule has 8 heteroatoms. The van der Waals surface area contributed by atoms with Crippen LogP contribution in [0, 0.1) is 6.92 Å². The van der Waals surface area contributed by atoms with Crippen molar-refractivity contribution in [3.05, 3.63) is 83.4 Å². The number of nitrogens with one attached hydrogen (secondary N) is 2. The minimum atomic E-state index is -3.67. The minimum absolute atomic E-state index is 0.176. The molecule has 29 heavy (non-hydrogen) atoms. The van der Waals surface area contributed by atoms with Crippen LogP contribution >= 0.6 is 11.3 Å². The van der Waals surface area contributed by atoms with Crippen molar-refractivity contribution >= 4 is 48.9 Å². The Morgan fingerprint density at radius 3 is 2.34 bits per heavy atom. The van der Waals surface area contributed by atoms with Gasteiger partial charge in [0.05, 0.1) is 20.1 Å². The second-order valence-corrected chi connectivity index (χ2v) is 9.28. The van der Waals surface area contributed by atoms with E-state index in [2.05, 4.69) is 15.0 Å². The number of carbonyl (C=O) groups excluding carboxylic acids is 1. The molecule has 146 valence electrons. The number of carbonyl (C=O) groups is 1. The highest BCUT2D eigenvalue weighted by molar-refractivity contribution is 7.92. The van der Waals surface area contributed by atoms with Crippen molar-refractivity contribution in [3.8, 4) is 0 Å². The smallest absolute Gasteiger partial charge is 0.261 e. The first kappa shape index (κ1) is 19.1. The van der Waals surface area contributed by atoms with Crippen LogP contribution in [-0.2, 0) is 10.0 Å². The van der Waals surface area contributed by atoms with Crippen molar-refractivity contribution in [2.24, 2.45) is 0 Å². The predicted octanol–water partition coefficient (Wildman–Crippen LogP) is 4.66. The Bertz CT molecular complexity index is 1280. The van der Waals surface area contributed by atoms with Gasteiger partial charge in [-0.25, -0.2) is 13.4 Å². The van der Waals surface area contributed by atoms with Gasteiger partial charge in [-0.05, 0) is 61.5 Å². The number of anilines is 2. The molecule has 6 nitrogen and oxygen atoms in total. The van der Waals surface area contributed by atoms with Crippen molar-refractivity contribution in [2.75, 3.05) is 10.0 Å². The van der Waals surface area contributed by atoms with Crippen molar-refractivity contribution in [3.63, 3.8) is 0 Å². The van der Waals surface area contributed by atoms with Crippen LogP contribution in [0.4, 0.5) is 11.4 Å². The van der Waals surface area contributed by atoms with E-state index in [4.69, 9.17) is 0 Å². The zero-order valence-corrected chi connectivity index (χ0v) is 17.0. The molecule has 3 aromatic carbocycles. The fraction of sp³-hybridized carbons (Fsp3) is 0.0476. The van der Waals surface area contributed by atoms with Crippen molar-refractivity contribution in [1.82, 2.24) is 4.98 Å². The first-order valence-corrected chi connectivity index (χ1v) is 11.1.